The zero-order valence-electron chi connectivity index (χ0n) is 12.8. The smallest absolute Gasteiger partial charge is 0.276 e. The third-order valence-corrected chi connectivity index (χ3v) is 3.82. The minimum Gasteiger partial charge on any atom is -0.370 e. The van der Waals surface area contributed by atoms with Crippen molar-refractivity contribution < 1.29 is 4.92 Å². The van der Waals surface area contributed by atoms with Gasteiger partial charge in [-0.05, 0) is 33.6 Å². The molecule has 2 heterocycles. The molecule has 2 atom stereocenters. The van der Waals surface area contributed by atoms with Crippen molar-refractivity contribution in [3.8, 4) is 0 Å². The molecule has 0 aromatic carbocycles. The molecule has 21 heavy (non-hydrogen) atoms. The van der Waals surface area contributed by atoms with Gasteiger partial charge in [-0.15, -0.1) is 0 Å². The molecular weight excluding hydrogens is 270 g/mol. The van der Waals surface area contributed by atoms with Gasteiger partial charge in [-0.25, -0.2) is 9.99 Å². The molecule has 116 valence electrons. The highest BCUT2D eigenvalue weighted by molar-refractivity contribution is 5.54. The van der Waals surface area contributed by atoms with Gasteiger partial charge in [0.2, 0.25) is 0 Å². The molecule has 0 bridgehead atoms. The fourth-order valence-electron chi connectivity index (χ4n) is 2.72. The number of hydrogen-bond acceptors (Lipinski definition) is 6. The second kappa shape index (κ2) is 6.71. The van der Waals surface area contributed by atoms with Crippen molar-refractivity contribution in [2.75, 3.05) is 17.3 Å². The highest BCUT2D eigenvalue weighted by atomic mass is 16.6. The van der Waals surface area contributed by atoms with Gasteiger partial charge in [0.1, 0.15) is 11.6 Å². The van der Waals surface area contributed by atoms with Crippen LogP contribution in [0.25, 0.3) is 0 Å². The van der Waals surface area contributed by atoms with Crippen molar-refractivity contribution in [1.29, 1.82) is 0 Å². The van der Waals surface area contributed by atoms with E-state index in [1.54, 1.807) is 0 Å². The Balaban J connectivity index is 2.23. The highest BCUT2D eigenvalue weighted by Gasteiger charge is 2.25. The summed E-state index contributed by atoms with van der Waals surface area (Å²) in [7, 11) is 0. The second-order valence-electron chi connectivity index (χ2n) is 5.53. The van der Waals surface area contributed by atoms with Gasteiger partial charge in [-0.3, -0.25) is 10.1 Å². The Morgan fingerprint density at radius 1 is 1.33 bits per heavy atom. The van der Waals surface area contributed by atoms with E-state index in [0.29, 0.717) is 30.3 Å². The minimum atomic E-state index is -0.392. The molecule has 2 unspecified atom stereocenters. The number of pyridine rings is 1. The Kier molecular flexibility index (Phi) is 4.95. The standard InChI is InChI=1S/C14H23N5O2/c1-4-15-13-8-12(19(20)21)9-14(16-13)17-18-10(2)6-5-7-11(18)3/h8-11H,4-7H2,1-3H3,(H2,15,16,17). The number of nitrogens with zero attached hydrogens (tertiary/aromatic N) is 3. The van der Waals surface area contributed by atoms with Gasteiger partial charge >= 0.3 is 0 Å². The van der Waals surface area contributed by atoms with Gasteiger partial charge in [0, 0.05) is 18.6 Å². The van der Waals surface area contributed by atoms with Crippen LogP contribution in [0.15, 0.2) is 12.1 Å². The number of hydrogen-bond donors (Lipinski definition) is 2. The van der Waals surface area contributed by atoms with E-state index in [0.717, 1.165) is 12.8 Å². The van der Waals surface area contributed by atoms with E-state index in [-0.39, 0.29) is 5.69 Å². The summed E-state index contributed by atoms with van der Waals surface area (Å²) in [5, 5.41) is 16.2. The fourth-order valence-corrected chi connectivity index (χ4v) is 2.72. The molecule has 2 N–H and O–H groups in total. The number of rotatable bonds is 5. The Morgan fingerprint density at radius 3 is 2.52 bits per heavy atom. The summed E-state index contributed by atoms with van der Waals surface area (Å²) in [6.45, 7) is 6.92. The maximum absolute atomic E-state index is 11.0. The third kappa shape index (κ3) is 3.81. The van der Waals surface area contributed by atoms with E-state index < -0.39 is 4.92 Å². The topological polar surface area (TPSA) is 83.3 Å². The fraction of sp³-hybridized carbons (Fsp3) is 0.643. The molecule has 2 rings (SSSR count). The number of aromatic nitrogens is 1. The van der Waals surface area contributed by atoms with E-state index >= 15 is 0 Å². The van der Waals surface area contributed by atoms with Crippen molar-refractivity contribution in [2.24, 2.45) is 0 Å². The molecule has 0 radical (unpaired) electrons. The normalized spacial score (nSPS) is 22.8. The maximum Gasteiger partial charge on any atom is 0.276 e. The van der Waals surface area contributed by atoms with Crippen LogP contribution < -0.4 is 10.7 Å². The Labute approximate surface area is 124 Å². The Bertz CT molecular complexity index is 498. The summed E-state index contributed by atoms with van der Waals surface area (Å²) in [4.78, 5) is 15.0. The van der Waals surface area contributed by atoms with Gasteiger partial charge in [0.25, 0.3) is 5.69 Å². The van der Waals surface area contributed by atoms with Crippen molar-refractivity contribution in [3.63, 3.8) is 0 Å². The zero-order chi connectivity index (χ0) is 15.4. The first-order valence-electron chi connectivity index (χ1n) is 7.46. The molecule has 1 aromatic heterocycles. The largest absolute Gasteiger partial charge is 0.370 e. The molecule has 0 saturated carbocycles. The lowest BCUT2D eigenvalue weighted by atomic mass is 10.00. The molecule has 7 nitrogen and oxygen atoms in total. The second-order valence-corrected chi connectivity index (χ2v) is 5.53. The predicted molar refractivity (Wildman–Crippen MR) is 83.3 cm³/mol. The van der Waals surface area contributed by atoms with Gasteiger partial charge in [0.15, 0.2) is 0 Å². The lowest BCUT2D eigenvalue weighted by Gasteiger charge is -2.39. The molecule has 1 aliphatic rings. The molecule has 0 spiro atoms. The molecule has 1 saturated heterocycles. The summed E-state index contributed by atoms with van der Waals surface area (Å²) in [5.41, 5.74) is 3.29. The van der Waals surface area contributed by atoms with E-state index in [1.807, 2.05) is 6.92 Å². The third-order valence-electron chi connectivity index (χ3n) is 3.82. The van der Waals surface area contributed by atoms with Crippen molar-refractivity contribution in [1.82, 2.24) is 9.99 Å². The molecule has 0 amide bonds. The van der Waals surface area contributed by atoms with E-state index in [2.05, 4.69) is 34.6 Å². The maximum atomic E-state index is 11.0. The van der Waals surface area contributed by atoms with Crippen LogP contribution >= 0.6 is 0 Å². The van der Waals surface area contributed by atoms with Crippen LogP contribution in [0.1, 0.15) is 40.0 Å². The van der Waals surface area contributed by atoms with Gasteiger partial charge < -0.3 is 10.7 Å². The van der Waals surface area contributed by atoms with Crippen molar-refractivity contribution >= 4 is 17.3 Å². The van der Waals surface area contributed by atoms with E-state index in [1.165, 1.54) is 18.6 Å². The monoisotopic (exact) mass is 293 g/mol. The van der Waals surface area contributed by atoms with Crippen LogP contribution in [0.3, 0.4) is 0 Å². The average Bonchev–Trinajstić information content (AvgIpc) is 2.43. The lowest BCUT2D eigenvalue weighted by Crippen LogP contribution is -2.47. The summed E-state index contributed by atoms with van der Waals surface area (Å²) in [5.74, 6) is 1.03. The summed E-state index contributed by atoms with van der Waals surface area (Å²) in [6, 6.07) is 3.71. The lowest BCUT2D eigenvalue weighted by molar-refractivity contribution is -0.384. The van der Waals surface area contributed by atoms with Crippen LogP contribution in [0.2, 0.25) is 0 Å². The number of hydrazine groups is 1. The van der Waals surface area contributed by atoms with E-state index in [4.69, 9.17) is 0 Å². The molecule has 0 aliphatic carbocycles. The highest BCUT2D eigenvalue weighted by Crippen LogP contribution is 2.25. The quantitative estimate of drug-likeness (QED) is 0.641. The number of nitro groups is 1. The molecule has 1 aliphatic heterocycles. The molecule has 1 aromatic rings. The number of nitrogens with one attached hydrogen (secondary N) is 2. The van der Waals surface area contributed by atoms with Crippen molar-refractivity contribution in [2.45, 2.75) is 52.1 Å². The SMILES string of the molecule is CCNc1cc([N+](=O)[O-])cc(NN2C(C)CCCC2C)n1. The van der Waals surface area contributed by atoms with Gasteiger partial charge in [-0.2, -0.15) is 0 Å². The van der Waals surface area contributed by atoms with Crippen LogP contribution in [-0.2, 0) is 0 Å². The predicted octanol–water partition coefficient (Wildman–Crippen LogP) is 3.01. The first kappa shape index (κ1) is 15.5. The first-order chi connectivity index (χ1) is 10.0. The van der Waals surface area contributed by atoms with Crippen LogP contribution in [0.5, 0.6) is 0 Å². The average molecular weight is 293 g/mol. The number of anilines is 2. The van der Waals surface area contributed by atoms with Crippen LogP contribution in [0, 0.1) is 10.1 Å². The zero-order valence-corrected chi connectivity index (χ0v) is 12.8. The van der Waals surface area contributed by atoms with Gasteiger partial charge in [-0.1, -0.05) is 6.42 Å². The first-order valence-corrected chi connectivity index (χ1v) is 7.46. The minimum absolute atomic E-state index is 0.0424. The van der Waals surface area contributed by atoms with Gasteiger partial charge in [0.05, 0.1) is 17.1 Å². The Hall–Kier alpha value is -1.89. The molecule has 7 heteroatoms. The Morgan fingerprint density at radius 2 is 1.95 bits per heavy atom. The molecular formula is C14H23N5O2. The molecule has 1 fully saturated rings. The summed E-state index contributed by atoms with van der Waals surface area (Å²) in [6.07, 6.45) is 3.45. The van der Waals surface area contributed by atoms with E-state index in [9.17, 15) is 10.1 Å². The number of piperidine rings is 1. The van der Waals surface area contributed by atoms with Crippen molar-refractivity contribution in [3.05, 3.63) is 22.2 Å². The van der Waals surface area contributed by atoms with Crippen LogP contribution in [0.4, 0.5) is 17.3 Å². The van der Waals surface area contributed by atoms with Crippen LogP contribution in [-0.4, -0.2) is 33.5 Å². The summed E-state index contributed by atoms with van der Waals surface area (Å²) >= 11 is 0. The summed E-state index contributed by atoms with van der Waals surface area (Å²) < 4.78 is 0.